The van der Waals surface area contributed by atoms with Crippen LogP contribution in [0.5, 0.6) is 0 Å². The number of pyridine rings is 2. The normalized spacial score (nSPS) is 14.3. The van der Waals surface area contributed by atoms with Crippen molar-refractivity contribution in [3.8, 4) is 11.5 Å². The topological polar surface area (TPSA) is 96.2 Å². The molecule has 3 aromatic heterocycles. The predicted octanol–water partition coefficient (Wildman–Crippen LogP) is 4.68. The van der Waals surface area contributed by atoms with Crippen molar-refractivity contribution in [2.75, 3.05) is 30.3 Å². The van der Waals surface area contributed by atoms with Crippen molar-refractivity contribution in [2.24, 2.45) is 0 Å². The number of alkyl halides is 2. The van der Waals surface area contributed by atoms with Crippen molar-refractivity contribution in [3.05, 3.63) is 30.5 Å². The van der Waals surface area contributed by atoms with E-state index in [1.54, 1.807) is 36.5 Å². The summed E-state index contributed by atoms with van der Waals surface area (Å²) in [6, 6.07) is 1.53. The fourth-order valence-corrected chi connectivity index (χ4v) is 3.58. The number of carbonyl (C=O) groups is 1. The molecule has 0 aromatic carbocycles. The smallest absolute Gasteiger partial charge is 0.323 e. The molecule has 8 nitrogen and oxygen atoms in total. The van der Waals surface area contributed by atoms with Crippen LogP contribution in [0.1, 0.15) is 31.6 Å². The summed E-state index contributed by atoms with van der Waals surface area (Å²) in [4.78, 5) is 27.3. The van der Waals surface area contributed by atoms with Gasteiger partial charge in [-0.15, -0.1) is 0 Å². The molecule has 0 unspecified atom stereocenters. The number of fused-ring (bicyclic) bond motifs is 1. The Morgan fingerprint density at radius 1 is 1.16 bits per heavy atom. The van der Waals surface area contributed by atoms with Crippen molar-refractivity contribution in [3.63, 3.8) is 0 Å². The van der Waals surface area contributed by atoms with Gasteiger partial charge >= 0.3 is 6.03 Å². The number of carbonyl (C=O) groups excluding carboxylic acids is 1. The highest BCUT2D eigenvalue weighted by atomic mass is 19.3. The van der Waals surface area contributed by atoms with E-state index in [0.717, 1.165) is 19.3 Å². The summed E-state index contributed by atoms with van der Waals surface area (Å²) < 4.78 is 31.0. The Balaban J connectivity index is 1.69. The van der Waals surface area contributed by atoms with Gasteiger partial charge in [-0.3, -0.25) is 10.3 Å². The van der Waals surface area contributed by atoms with Crippen LogP contribution in [-0.4, -0.2) is 51.9 Å². The molecule has 31 heavy (non-hydrogen) atoms. The van der Waals surface area contributed by atoms with Crippen LogP contribution in [0.2, 0.25) is 0 Å². The van der Waals surface area contributed by atoms with Crippen LogP contribution in [0, 0.1) is 6.92 Å². The van der Waals surface area contributed by atoms with E-state index in [0.29, 0.717) is 52.7 Å². The molecule has 0 bridgehead atoms. The third-order valence-corrected chi connectivity index (χ3v) is 5.18. The van der Waals surface area contributed by atoms with Crippen LogP contribution in [0.15, 0.2) is 29.1 Å². The number of nitrogens with zero attached hydrogens (tertiary/aromatic N) is 4. The first-order valence-corrected chi connectivity index (χ1v) is 10.3. The molecule has 4 rings (SSSR count). The Labute approximate surface area is 178 Å². The first kappa shape index (κ1) is 21.0. The SMILES string of the molecule is Cc1ncc(-c2cc3c(NCCC(F)F)c(NC(=O)N4CCCCC4)ncc3cn2)o1. The van der Waals surface area contributed by atoms with Gasteiger partial charge in [0.05, 0.1) is 11.9 Å². The van der Waals surface area contributed by atoms with Gasteiger partial charge in [0.2, 0.25) is 6.43 Å². The minimum atomic E-state index is -2.43. The third kappa shape index (κ3) is 4.89. The first-order chi connectivity index (χ1) is 15.0. The van der Waals surface area contributed by atoms with Gasteiger partial charge in [-0.2, -0.15) is 0 Å². The molecular weight excluding hydrogens is 406 g/mol. The molecule has 4 heterocycles. The maximum atomic E-state index is 12.7. The Morgan fingerprint density at radius 2 is 1.94 bits per heavy atom. The number of likely N-dealkylation sites (tertiary alicyclic amines) is 1. The quantitative estimate of drug-likeness (QED) is 0.590. The van der Waals surface area contributed by atoms with Gasteiger partial charge in [-0.1, -0.05) is 0 Å². The lowest BCUT2D eigenvalue weighted by Gasteiger charge is -2.27. The van der Waals surface area contributed by atoms with Gasteiger partial charge in [0.15, 0.2) is 17.5 Å². The summed E-state index contributed by atoms with van der Waals surface area (Å²) in [5, 5.41) is 7.27. The number of halogens is 2. The summed E-state index contributed by atoms with van der Waals surface area (Å²) in [6.45, 7) is 3.14. The van der Waals surface area contributed by atoms with Crippen LogP contribution in [0.3, 0.4) is 0 Å². The van der Waals surface area contributed by atoms with Crippen LogP contribution in [0.4, 0.5) is 25.1 Å². The Kier molecular flexibility index (Phi) is 6.24. The van der Waals surface area contributed by atoms with Crippen molar-refractivity contribution in [1.29, 1.82) is 0 Å². The molecule has 0 radical (unpaired) electrons. The lowest BCUT2D eigenvalue weighted by molar-refractivity contribution is 0.142. The van der Waals surface area contributed by atoms with E-state index in [9.17, 15) is 13.6 Å². The van der Waals surface area contributed by atoms with Crippen molar-refractivity contribution < 1.29 is 18.0 Å². The van der Waals surface area contributed by atoms with E-state index < -0.39 is 6.43 Å². The first-order valence-electron chi connectivity index (χ1n) is 10.3. The monoisotopic (exact) mass is 430 g/mol. The van der Waals surface area contributed by atoms with Gasteiger partial charge < -0.3 is 14.6 Å². The number of urea groups is 1. The maximum Gasteiger partial charge on any atom is 0.323 e. The number of nitrogens with one attached hydrogen (secondary N) is 2. The zero-order valence-corrected chi connectivity index (χ0v) is 17.2. The number of aromatic nitrogens is 3. The Morgan fingerprint density at radius 3 is 2.65 bits per heavy atom. The molecule has 2 N–H and O–H groups in total. The van der Waals surface area contributed by atoms with Crippen molar-refractivity contribution in [1.82, 2.24) is 19.9 Å². The molecule has 1 aliphatic heterocycles. The van der Waals surface area contributed by atoms with E-state index in [1.165, 1.54) is 0 Å². The molecule has 1 saturated heterocycles. The molecule has 164 valence electrons. The van der Waals surface area contributed by atoms with Crippen molar-refractivity contribution >= 4 is 28.3 Å². The van der Waals surface area contributed by atoms with E-state index >= 15 is 0 Å². The summed E-state index contributed by atoms with van der Waals surface area (Å²) in [6.07, 6.45) is 5.08. The second-order valence-electron chi connectivity index (χ2n) is 7.47. The standard InChI is InChI=1S/C21H24F2N6O2/c1-13-25-12-17(31-13)16-9-15-14(10-26-16)11-27-20(19(15)24-6-5-18(22)23)28-21(30)29-7-3-2-4-8-29/h9-12,18,24H,2-8H2,1H3,(H,27,28,30). The summed E-state index contributed by atoms with van der Waals surface area (Å²) in [7, 11) is 0. The zero-order chi connectivity index (χ0) is 21.8. The number of rotatable bonds is 6. The second kappa shape index (κ2) is 9.23. The van der Waals surface area contributed by atoms with E-state index in [4.69, 9.17) is 4.42 Å². The van der Waals surface area contributed by atoms with Gasteiger partial charge in [0, 0.05) is 56.1 Å². The van der Waals surface area contributed by atoms with Crippen molar-refractivity contribution in [2.45, 2.75) is 39.0 Å². The molecule has 10 heteroatoms. The summed E-state index contributed by atoms with van der Waals surface area (Å²) >= 11 is 0. The molecule has 0 spiro atoms. The minimum Gasteiger partial charge on any atom is -0.439 e. The average molecular weight is 430 g/mol. The Bertz CT molecular complexity index is 1070. The number of amides is 2. The van der Waals surface area contributed by atoms with Crippen LogP contribution < -0.4 is 10.6 Å². The van der Waals surface area contributed by atoms with Gasteiger partial charge in [-0.25, -0.2) is 23.5 Å². The van der Waals surface area contributed by atoms with E-state index in [2.05, 4.69) is 25.6 Å². The van der Waals surface area contributed by atoms with E-state index in [1.807, 2.05) is 0 Å². The number of hydrogen-bond donors (Lipinski definition) is 2. The van der Waals surface area contributed by atoms with Crippen LogP contribution in [0.25, 0.3) is 22.2 Å². The van der Waals surface area contributed by atoms with Gasteiger partial charge in [0.1, 0.15) is 5.69 Å². The fraction of sp³-hybridized carbons (Fsp3) is 0.429. The molecule has 0 aliphatic carbocycles. The van der Waals surface area contributed by atoms with Crippen LogP contribution >= 0.6 is 0 Å². The molecular formula is C21H24F2N6O2. The molecule has 3 aromatic rings. The Hall–Kier alpha value is -3.30. The highest BCUT2D eigenvalue weighted by Gasteiger charge is 2.20. The highest BCUT2D eigenvalue weighted by Crippen LogP contribution is 2.32. The lowest BCUT2D eigenvalue weighted by atomic mass is 10.1. The zero-order valence-electron chi connectivity index (χ0n) is 17.2. The second-order valence-corrected chi connectivity index (χ2v) is 7.47. The molecule has 2 amide bonds. The number of piperidine rings is 1. The summed E-state index contributed by atoms with van der Waals surface area (Å²) in [5.74, 6) is 1.30. The summed E-state index contributed by atoms with van der Waals surface area (Å²) in [5.41, 5.74) is 1.02. The largest absolute Gasteiger partial charge is 0.439 e. The minimum absolute atomic E-state index is 0.0319. The maximum absolute atomic E-state index is 12.7. The van der Waals surface area contributed by atoms with Gasteiger partial charge in [-0.05, 0) is 25.3 Å². The van der Waals surface area contributed by atoms with Crippen LogP contribution in [-0.2, 0) is 0 Å². The predicted molar refractivity (Wildman–Crippen MR) is 113 cm³/mol. The number of anilines is 2. The molecule has 0 atom stereocenters. The number of hydrogen-bond acceptors (Lipinski definition) is 6. The highest BCUT2D eigenvalue weighted by molar-refractivity contribution is 6.03. The third-order valence-electron chi connectivity index (χ3n) is 5.18. The fourth-order valence-electron chi connectivity index (χ4n) is 3.58. The van der Waals surface area contributed by atoms with E-state index in [-0.39, 0.29) is 19.0 Å². The molecule has 1 aliphatic rings. The number of aryl methyl sites for hydroxylation is 1. The average Bonchev–Trinajstić information content (AvgIpc) is 3.21. The number of oxazole rings is 1. The molecule has 1 fully saturated rings. The molecule has 0 saturated carbocycles. The lowest BCUT2D eigenvalue weighted by Crippen LogP contribution is -2.39. The van der Waals surface area contributed by atoms with Gasteiger partial charge in [0.25, 0.3) is 0 Å².